The zero-order valence-electron chi connectivity index (χ0n) is 13.7. The molecule has 3 rings (SSSR count). The van der Waals surface area contributed by atoms with Crippen LogP contribution in [0, 0.1) is 6.92 Å². The van der Waals surface area contributed by atoms with Gasteiger partial charge in [0.25, 0.3) is 0 Å². The van der Waals surface area contributed by atoms with E-state index >= 15 is 0 Å². The van der Waals surface area contributed by atoms with Crippen molar-refractivity contribution in [2.45, 2.75) is 24.5 Å². The summed E-state index contributed by atoms with van der Waals surface area (Å²) in [5.74, 6) is 6.37. The number of carbonyl (C=O) groups excluding carboxylic acids is 1. The van der Waals surface area contributed by atoms with Crippen molar-refractivity contribution in [3.63, 3.8) is 0 Å². The molecule has 0 unspecified atom stereocenters. The van der Waals surface area contributed by atoms with E-state index in [0.29, 0.717) is 23.1 Å². The molecule has 1 aliphatic heterocycles. The number of nitrogen functional groups attached to an aromatic ring is 1. The number of nitrogens with zero attached hydrogens (tertiary/aromatic N) is 4. The van der Waals surface area contributed by atoms with Gasteiger partial charge in [-0.1, -0.05) is 30.0 Å². The molecule has 1 aromatic heterocycles. The maximum Gasteiger partial charge on any atom is 0.237 e. The lowest BCUT2D eigenvalue weighted by molar-refractivity contribution is -0.116. The predicted octanol–water partition coefficient (Wildman–Crippen LogP) is 0.613. The van der Waals surface area contributed by atoms with Crippen LogP contribution in [0.25, 0.3) is 0 Å². The van der Waals surface area contributed by atoms with Crippen molar-refractivity contribution in [3.05, 3.63) is 36.2 Å². The number of hydrogen-bond donors (Lipinski definition) is 1. The number of benzene rings is 1. The average Bonchev–Trinajstić information content (AvgIpc) is 3.10. The molecule has 0 spiro atoms. The summed E-state index contributed by atoms with van der Waals surface area (Å²) in [6.45, 7) is 1.72. The van der Waals surface area contributed by atoms with Crippen LogP contribution in [0.5, 0.6) is 0 Å². The molecule has 0 saturated carbocycles. The summed E-state index contributed by atoms with van der Waals surface area (Å²) in [5, 5.41) is 8.22. The Hall–Kier alpha value is -2.07. The molecule has 2 heterocycles. The number of aryl methyl sites for hydroxylation is 1. The molecule has 1 saturated heterocycles. The van der Waals surface area contributed by atoms with E-state index in [0.717, 1.165) is 0 Å². The van der Waals surface area contributed by atoms with Crippen molar-refractivity contribution in [1.29, 1.82) is 0 Å². The van der Waals surface area contributed by atoms with Crippen molar-refractivity contribution in [2.24, 2.45) is 0 Å². The molecule has 25 heavy (non-hydrogen) atoms. The minimum absolute atomic E-state index is 0.00944. The Morgan fingerprint density at radius 1 is 1.36 bits per heavy atom. The fraction of sp³-hybridized carbons (Fsp3) is 0.400. The van der Waals surface area contributed by atoms with Crippen LogP contribution in [0.3, 0.4) is 0 Å². The molecule has 1 aromatic carbocycles. The number of hydrogen-bond acceptors (Lipinski definition) is 7. The van der Waals surface area contributed by atoms with Crippen molar-refractivity contribution in [3.8, 4) is 0 Å². The third-order valence-corrected chi connectivity index (χ3v) is 6.71. The first-order valence-electron chi connectivity index (χ1n) is 7.75. The highest BCUT2D eigenvalue weighted by molar-refractivity contribution is 7.99. The number of thioether (sulfide) groups is 1. The maximum absolute atomic E-state index is 12.8. The van der Waals surface area contributed by atoms with Gasteiger partial charge in [-0.3, -0.25) is 4.79 Å². The highest BCUT2D eigenvalue weighted by atomic mass is 32.2. The zero-order chi connectivity index (χ0) is 18.0. The molecule has 134 valence electrons. The minimum Gasteiger partial charge on any atom is -0.336 e. The first-order chi connectivity index (χ1) is 11.9. The molecule has 8 nitrogen and oxygen atoms in total. The summed E-state index contributed by atoms with van der Waals surface area (Å²) < 4.78 is 25.0. The molecule has 10 heteroatoms. The Morgan fingerprint density at radius 2 is 2.08 bits per heavy atom. The number of sulfone groups is 1. The van der Waals surface area contributed by atoms with Crippen molar-refractivity contribution in [1.82, 2.24) is 14.9 Å². The molecule has 0 aliphatic carbocycles. The van der Waals surface area contributed by atoms with E-state index < -0.39 is 9.84 Å². The number of amides is 1. The van der Waals surface area contributed by atoms with Gasteiger partial charge in [-0.2, -0.15) is 0 Å². The number of carbonyl (C=O) groups is 1. The maximum atomic E-state index is 12.8. The highest BCUT2D eigenvalue weighted by Crippen LogP contribution is 2.26. The fourth-order valence-corrected chi connectivity index (χ4v) is 5.23. The van der Waals surface area contributed by atoms with Gasteiger partial charge in [-0.05, 0) is 25.5 Å². The second-order valence-corrected chi connectivity index (χ2v) is 9.02. The number of anilines is 1. The van der Waals surface area contributed by atoms with Crippen LogP contribution in [-0.2, 0) is 14.6 Å². The van der Waals surface area contributed by atoms with Gasteiger partial charge in [-0.25, -0.2) is 13.1 Å². The van der Waals surface area contributed by atoms with Gasteiger partial charge in [-0.15, -0.1) is 10.2 Å². The summed E-state index contributed by atoms with van der Waals surface area (Å²) in [4.78, 5) is 14.4. The minimum atomic E-state index is -3.10. The largest absolute Gasteiger partial charge is 0.336 e. The van der Waals surface area contributed by atoms with Gasteiger partial charge >= 0.3 is 0 Å². The van der Waals surface area contributed by atoms with Gasteiger partial charge < -0.3 is 10.7 Å². The standard InChI is InChI=1S/C15H19N5O3S2/c1-11-17-18-15(20(11)16)24-9-14(21)19(12-5-3-2-4-6-12)13-7-8-25(22,23)10-13/h2-6,13H,7-10,16H2,1H3/t13-/m0/s1. The molecular formula is C15H19N5O3S2. The Bertz CT molecular complexity index is 867. The lowest BCUT2D eigenvalue weighted by atomic mass is 10.2. The Labute approximate surface area is 150 Å². The van der Waals surface area contributed by atoms with Crippen LogP contribution in [0.15, 0.2) is 35.5 Å². The van der Waals surface area contributed by atoms with E-state index in [2.05, 4.69) is 10.2 Å². The lowest BCUT2D eigenvalue weighted by Crippen LogP contribution is -2.42. The second kappa shape index (κ2) is 7.04. The number of para-hydroxylation sites is 1. The van der Waals surface area contributed by atoms with Crippen LogP contribution in [-0.4, -0.2) is 52.5 Å². The quantitative estimate of drug-likeness (QED) is 0.597. The second-order valence-electron chi connectivity index (χ2n) is 5.84. The smallest absolute Gasteiger partial charge is 0.237 e. The van der Waals surface area contributed by atoms with Crippen molar-refractivity contribution < 1.29 is 13.2 Å². The van der Waals surface area contributed by atoms with Crippen molar-refractivity contribution >= 4 is 33.2 Å². The molecule has 1 atom stereocenters. The summed E-state index contributed by atoms with van der Waals surface area (Å²) in [6, 6.07) is 8.77. The predicted molar refractivity (Wildman–Crippen MR) is 96.6 cm³/mol. The van der Waals surface area contributed by atoms with Crippen LogP contribution in [0.4, 0.5) is 5.69 Å². The van der Waals surface area contributed by atoms with E-state index in [1.54, 1.807) is 11.8 Å². The molecule has 0 radical (unpaired) electrons. The van der Waals surface area contributed by atoms with E-state index in [-0.39, 0.29) is 29.2 Å². The van der Waals surface area contributed by atoms with Crippen molar-refractivity contribution in [2.75, 3.05) is 28.0 Å². The SMILES string of the molecule is Cc1nnc(SCC(=O)N(c2ccccc2)[C@H]2CCS(=O)(=O)C2)n1N. The summed E-state index contributed by atoms with van der Waals surface area (Å²) in [7, 11) is -3.10. The first-order valence-corrected chi connectivity index (χ1v) is 10.6. The molecule has 2 N–H and O–H groups in total. The van der Waals surface area contributed by atoms with Gasteiger partial charge in [0.15, 0.2) is 9.84 Å². The van der Waals surface area contributed by atoms with E-state index in [9.17, 15) is 13.2 Å². The summed E-state index contributed by atoms with van der Waals surface area (Å²) in [5.41, 5.74) is 0.695. The number of rotatable bonds is 5. The number of aromatic nitrogens is 3. The van der Waals surface area contributed by atoms with E-state index in [1.165, 1.54) is 16.4 Å². The highest BCUT2D eigenvalue weighted by Gasteiger charge is 2.35. The normalized spacial score (nSPS) is 19.0. The third-order valence-electron chi connectivity index (χ3n) is 4.04. The van der Waals surface area contributed by atoms with Crippen LogP contribution < -0.4 is 10.7 Å². The lowest BCUT2D eigenvalue weighted by Gasteiger charge is -2.28. The molecule has 1 amide bonds. The van der Waals surface area contributed by atoms with Crippen LogP contribution in [0.2, 0.25) is 0 Å². The molecule has 1 fully saturated rings. The molecular weight excluding hydrogens is 362 g/mol. The zero-order valence-corrected chi connectivity index (χ0v) is 15.3. The average molecular weight is 381 g/mol. The Morgan fingerprint density at radius 3 is 2.64 bits per heavy atom. The van der Waals surface area contributed by atoms with E-state index in [4.69, 9.17) is 5.84 Å². The van der Waals surface area contributed by atoms with E-state index in [1.807, 2.05) is 30.3 Å². The van der Waals surface area contributed by atoms with Gasteiger partial charge in [0.1, 0.15) is 5.82 Å². The Kier molecular flexibility index (Phi) is 5.00. The first kappa shape index (κ1) is 17.7. The summed E-state index contributed by atoms with van der Waals surface area (Å²) in [6.07, 6.45) is 0.444. The fourth-order valence-electron chi connectivity index (χ4n) is 2.77. The van der Waals surface area contributed by atoms with Gasteiger partial charge in [0, 0.05) is 5.69 Å². The van der Waals surface area contributed by atoms with Crippen LogP contribution in [0.1, 0.15) is 12.2 Å². The molecule has 0 bridgehead atoms. The molecule has 2 aromatic rings. The third kappa shape index (κ3) is 3.96. The summed E-state index contributed by atoms with van der Waals surface area (Å²) >= 11 is 1.18. The molecule has 1 aliphatic rings. The number of nitrogens with two attached hydrogens (primary N) is 1. The van der Waals surface area contributed by atoms with Crippen LogP contribution >= 0.6 is 11.8 Å². The Balaban J connectivity index is 1.79. The van der Waals surface area contributed by atoms with Gasteiger partial charge in [0.2, 0.25) is 11.1 Å². The topological polar surface area (TPSA) is 111 Å². The monoisotopic (exact) mass is 381 g/mol. The van der Waals surface area contributed by atoms with Gasteiger partial charge in [0.05, 0.1) is 23.3 Å².